The third-order valence-corrected chi connectivity index (χ3v) is 4.65. The first-order chi connectivity index (χ1) is 12.2. The number of aliphatic hydroxyl groups excluding tert-OH is 1. The Kier molecular flexibility index (Phi) is 9.19. The Morgan fingerprint density at radius 2 is 1.50 bits per heavy atom. The number of ketones is 1. The fourth-order valence-electron chi connectivity index (χ4n) is 3.13. The molecule has 0 radical (unpaired) electrons. The molecule has 0 spiro atoms. The standard InChI is InChI=1S/C19H29F3O4/c1-13-14(16(24)18(26-3)17(25-2)15(13)23)11-9-7-5-4-6-8-10-12-19(20,21)22/h15,23H,4-12H2,1-3H3. The van der Waals surface area contributed by atoms with Crippen LogP contribution in [0.2, 0.25) is 0 Å². The maximum Gasteiger partial charge on any atom is 0.389 e. The highest BCUT2D eigenvalue weighted by atomic mass is 19.4. The molecule has 0 aromatic rings. The van der Waals surface area contributed by atoms with Crippen molar-refractivity contribution >= 4 is 5.78 Å². The molecular weight excluding hydrogens is 349 g/mol. The molecule has 1 unspecified atom stereocenters. The number of methoxy groups -OCH3 is 2. The third-order valence-electron chi connectivity index (χ3n) is 4.65. The Bertz CT molecular complexity index is 535. The number of alkyl halides is 3. The van der Waals surface area contributed by atoms with Crippen LogP contribution in [0.25, 0.3) is 0 Å². The number of halogens is 3. The topological polar surface area (TPSA) is 55.8 Å². The van der Waals surface area contributed by atoms with E-state index >= 15 is 0 Å². The third kappa shape index (κ3) is 6.67. The van der Waals surface area contributed by atoms with Gasteiger partial charge in [0.1, 0.15) is 6.10 Å². The normalized spacial score (nSPS) is 18.6. The smallest absolute Gasteiger partial charge is 0.389 e. The highest BCUT2D eigenvalue weighted by molar-refractivity contribution is 6.09. The fourth-order valence-corrected chi connectivity index (χ4v) is 3.13. The molecule has 7 heteroatoms. The predicted molar refractivity (Wildman–Crippen MR) is 92.4 cm³/mol. The Balaban J connectivity index is 2.33. The molecule has 0 aliphatic heterocycles. The van der Waals surface area contributed by atoms with Crippen LogP contribution in [0.5, 0.6) is 0 Å². The van der Waals surface area contributed by atoms with Gasteiger partial charge in [-0.05, 0) is 31.8 Å². The first kappa shape index (κ1) is 22.5. The van der Waals surface area contributed by atoms with E-state index in [0.29, 0.717) is 24.0 Å². The van der Waals surface area contributed by atoms with Gasteiger partial charge >= 0.3 is 6.18 Å². The number of carbonyl (C=O) groups excluding carboxylic acids is 1. The van der Waals surface area contributed by atoms with Gasteiger partial charge in [-0.3, -0.25) is 4.79 Å². The van der Waals surface area contributed by atoms with Crippen molar-refractivity contribution in [1.29, 1.82) is 0 Å². The lowest BCUT2D eigenvalue weighted by atomic mass is 9.88. The minimum absolute atomic E-state index is 0.0465. The van der Waals surface area contributed by atoms with Gasteiger partial charge in [-0.25, -0.2) is 0 Å². The maximum absolute atomic E-state index is 12.5. The van der Waals surface area contributed by atoms with Crippen LogP contribution in [0.15, 0.2) is 22.7 Å². The second-order valence-corrected chi connectivity index (χ2v) is 6.58. The lowest BCUT2D eigenvalue weighted by molar-refractivity contribution is -0.135. The Morgan fingerprint density at radius 3 is 2.00 bits per heavy atom. The van der Waals surface area contributed by atoms with Gasteiger partial charge < -0.3 is 14.6 Å². The number of Topliss-reactive ketones (excluding diaryl/α,β-unsaturated/α-hetero) is 1. The van der Waals surface area contributed by atoms with Crippen LogP contribution in [0.3, 0.4) is 0 Å². The summed E-state index contributed by atoms with van der Waals surface area (Å²) in [5, 5.41) is 10.3. The molecule has 1 N–H and O–H groups in total. The molecule has 0 aromatic carbocycles. The lowest BCUT2D eigenvalue weighted by Crippen LogP contribution is -2.28. The molecule has 0 aromatic heterocycles. The van der Waals surface area contributed by atoms with Crippen LogP contribution in [0.1, 0.15) is 64.7 Å². The highest BCUT2D eigenvalue weighted by Gasteiger charge is 2.34. The molecule has 1 atom stereocenters. The molecule has 150 valence electrons. The fraction of sp³-hybridized carbons (Fsp3) is 0.737. The summed E-state index contributed by atoms with van der Waals surface area (Å²) in [7, 11) is 2.76. The average molecular weight is 378 g/mol. The van der Waals surface area contributed by atoms with E-state index in [1.807, 2.05) is 0 Å². The van der Waals surface area contributed by atoms with Gasteiger partial charge in [-0.2, -0.15) is 13.2 Å². The van der Waals surface area contributed by atoms with Crippen LogP contribution in [0.4, 0.5) is 13.2 Å². The van der Waals surface area contributed by atoms with Crippen molar-refractivity contribution in [2.24, 2.45) is 0 Å². The van der Waals surface area contributed by atoms with E-state index in [0.717, 1.165) is 32.1 Å². The zero-order chi connectivity index (χ0) is 19.7. The van der Waals surface area contributed by atoms with E-state index in [4.69, 9.17) is 9.47 Å². The molecule has 26 heavy (non-hydrogen) atoms. The average Bonchev–Trinajstić information content (AvgIpc) is 2.57. The van der Waals surface area contributed by atoms with Crippen molar-refractivity contribution in [3.8, 4) is 0 Å². The Morgan fingerprint density at radius 1 is 0.962 bits per heavy atom. The van der Waals surface area contributed by atoms with Crippen molar-refractivity contribution in [2.45, 2.75) is 77.0 Å². The molecule has 1 aliphatic rings. The monoisotopic (exact) mass is 378 g/mol. The van der Waals surface area contributed by atoms with Gasteiger partial charge in [0, 0.05) is 12.0 Å². The number of rotatable bonds is 11. The summed E-state index contributed by atoms with van der Waals surface area (Å²) in [6.45, 7) is 1.71. The second-order valence-electron chi connectivity index (χ2n) is 6.58. The second kappa shape index (κ2) is 10.6. The number of hydrogen-bond acceptors (Lipinski definition) is 4. The predicted octanol–water partition coefficient (Wildman–Crippen LogP) is 4.82. The van der Waals surface area contributed by atoms with Gasteiger partial charge in [0.2, 0.25) is 11.5 Å². The van der Waals surface area contributed by atoms with E-state index < -0.39 is 18.7 Å². The number of allylic oxidation sites excluding steroid dienone is 1. The molecular formula is C19H29F3O4. The number of hydrogen-bond donors (Lipinski definition) is 1. The molecule has 1 rings (SSSR count). The Labute approximate surface area is 153 Å². The van der Waals surface area contributed by atoms with Gasteiger partial charge in [0.15, 0.2) is 5.76 Å². The summed E-state index contributed by atoms with van der Waals surface area (Å²) < 4.78 is 46.3. The number of carbonyl (C=O) groups is 1. The number of unbranched alkanes of at least 4 members (excludes halogenated alkanes) is 6. The zero-order valence-electron chi connectivity index (χ0n) is 15.7. The highest BCUT2D eigenvalue weighted by Crippen LogP contribution is 2.31. The van der Waals surface area contributed by atoms with Gasteiger partial charge in [-0.1, -0.05) is 32.1 Å². The lowest BCUT2D eigenvalue weighted by Gasteiger charge is -2.25. The molecule has 0 bridgehead atoms. The quantitative estimate of drug-likeness (QED) is 0.524. The first-order valence-electron chi connectivity index (χ1n) is 9.04. The van der Waals surface area contributed by atoms with Crippen molar-refractivity contribution in [3.05, 3.63) is 22.7 Å². The van der Waals surface area contributed by atoms with E-state index in [9.17, 15) is 23.1 Å². The minimum atomic E-state index is -4.05. The molecule has 0 saturated carbocycles. The SMILES string of the molecule is COC1=C(OC)C(O)C(C)=C(CCCCCCCCCC(F)(F)F)C1=O. The molecule has 0 fully saturated rings. The van der Waals surface area contributed by atoms with Crippen LogP contribution in [0, 0.1) is 0 Å². The maximum atomic E-state index is 12.5. The van der Waals surface area contributed by atoms with Crippen molar-refractivity contribution in [3.63, 3.8) is 0 Å². The summed E-state index contributed by atoms with van der Waals surface area (Å²) in [5.74, 6) is -0.0674. The summed E-state index contributed by atoms with van der Waals surface area (Å²) in [4.78, 5) is 12.5. The van der Waals surface area contributed by atoms with Crippen molar-refractivity contribution in [2.75, 3.05) is 14.2 Å². The van der Waals surface area contributed by atoms with E-state index in [1.165, 1.54) is 14.2 Å². The first-order valence-corrected chi connectivity index (χ1v) is 9.04. The summed E-state index contributed by atoms with van der Waals surface area (Å²) in [6.07, 6.45) is -0.124. The van der Waals surface area contributed by atoms with E-state index in [-0.39, 0.29) is 23.7 Å². The summed E-state index contributed by atoms with van der Waals surface area (Å²) in [5.41, 5.74) is 1.14. The number of ether oxygens (including phenoxy) is 2. The van der Waals surface area contributed by atoms with Crippen molar-refractivity contribution in [1.82, 2.24) is 0 Å². The molecule has 0 saturated heterocycles. The Hall–Kier alpha value is -1.50. The zero-order valence-corrected chi connectivity index (χ0v) is 15.7. The molecule has 0 heterocycles. The van der Waals surface area contributed by atoms with Crippen LogP contribution < -0.4 is 0 Å². The number of aliphatic hydroxyl groups is 1. The van der Waals surface area contributed by atoms with Crippen molar-refractivity contribution < 1.29 is 32.5 Å². The largest absolute Gasteiger partial charge is 0.494 e. The van der Waals surface area contributed by atoms with E-state index in [2.05, 4.69) is 0 Å². The molecule has 4 nitrogen and oxygen atoms in total. The van der Waals surface area contributed by atoms with Crippen LogP contribution >= 0.6 is 0 Å². The van der Waals surface area contributed by atoms with Gasteiger partial charge in [-0.15, -0.1) is 0 Å². The van der Waals surface area contributed by atoms with Crippen LogP contribution in [-0.4, -0.2) is 37.4 Å². The summed E-state index contributed by atoms with van der Waals surface area (Å²) in [6, 6.07) is 0. The molecule has 0 amide bonds. The van der Waals surface area contributed by atoms with E-state index in [1.54, 1.807) is 6.92 Å². The van der Waals surface area contributed by atoms with Gasteiger partial charge in [0.05, 0.1) is 14.2 Å². The minimum Gasteiger partial charge on any atom is -0.494 e. The molecule has 1 aliphatic carbocycles. The summed E-state index contributed by atoms with van der Waals surface area (Å²) >= 11 is 0. The van der Waals surface area contributed by atoms with Gasteiger partial charge in [0.25, 0.3) is 0 Å². The van der Waals surface area contributed by atoms with Crippen LogP contribution in [-0.2, 0) is 14.3 Å².